The molecule has 0 aromatic heterocycles. The molecule has 2 rings (SSSR count). The Hall–Kier alpha value is -2.30. The molecule has 1 saturated carbocycles. The number of rotatable bonds is 9. The fourth-order valence-electron chi connectivity index (χ4n) is 3.22. The number of nitrogens with zero attached hydrogens (tertiary/aromatic N) is 1. The van der Waals surface area contributed by atoms with Gasteiger partial charge in [0.1, 0.15) is 5.75 Å². The smallest absolute Gasteiger partial charge is 0.307 e. The van der Waals surface area contributed by atoms with Crippen LogP contribution >= 0.6 is 0 Å². The van der Waals surface area contributed by atoms with Crippen LogP contribution in [-0.4, -0.2) is 43.1 Å². The van der Waals surface area contributed by atoms with Gasteiger partial charge in [0.25, 0.3) is 0 Å². The third-order valence-electron chi connectivity index (χ3n) is 4.62. The number of carbonyl (C=O) groups excluding carboxylic acids is 2. The van der Waals surface area contributed by atoms with E-state index in [0.717, 1.165) is 43.4 Å². The highest BCUT2D eigenvalue weighted by Gasteiger charge is 2.25. The largest absolute Gasteiger partial charge is 0.493 e. The molecule has 0 spiro atoms. The van der Waals surface area contributed by atoms with Gasteiger partial charge in [0.05, 0.1) is 20.1 Å². The first kappa shape index (κ1) is 20.0. The van der Waals surface area contributed by atoms with Crippen molar-refractivity contribution in [2.75, 3.05) is 20.3 Å². The molecule has 0 heterocycles. The van der Waals surface area contributed by atoms with E-state index < -0.39 is 0 Å². The van der Waals surface area contributed by atoms with Gasteiger partial charge in [0.2, 0.25) is 5.91 Å². The van der Waals surface area contributed by atoms with E-state index in [9.17, 15) is 9.59 Å². The molecule has 1 aromatic rings. The SMILES string of the molecule is CCCOc1ccccc1/C=C/C(=O)N(CCC(=O)OC)C1CCCC1. The van der Waals surface area contributed by atoms with E-state index >= 15 is 0 Å². The zero-order valence-electron chi connectivity index (χ0n) is 15.8. The van der Waals surface area contributed by atoms with Gasteiger partial charge in [-0.05, 0) is 31.4 Å². The molecule has 5 heteroatoms. The molecule has 0 aliphatic heterocycles. The Kier molecular flexibility index (Phi) is 8.19. The molecule has 1 fully saturated rings. The average Bonchev–Trinajstić information content (AvgIpc) is 3.19. The highest BCUT2D eigenvalue weighted by molar-refractivity contribution is 5.92. The number of hydrogen-bond donors (Lipinski definition) is 0. The first-order chi connectivity index (χ1) is 12.7. The summed E-state index contributed by atoms with van der Waals surface area (Å²) < 4.78 is 10.4. The summed E-state index contributed by atoms with van der Waals surface area (Å²) in [6.07, 6.45) is 8.79. The first-order valence-electron chi connectivity index (χ1n) is 9.43. The maximum atomic E-state index is 12.8. The van der Waals surface area contributed by atoms with Crippen molar-refractivity contribution in [1.82, 2.24) is 4.90 Å². The number of methoxy groups -OCH3 is 1. The second-order valence-electron chi connectivity index (χ2n) is 6.52. The molecule has 0 N–H and O–H groups in total. The number of amides is 1. The molecule has 1 amide bonds. The van der Waals surface area contributed by atoms with Crippen molar-refractivity contribution in [1.29, 1.82) is 0 Å². The molecule has 26 heavy (non-hydrogen) atoms. The quantitative estimate of drug-likeness (QED) is 0.497. The number of carbonyl (C=O) groups is 2. The van der Waals surface area contributed by atoms with Crippen molar-refractivity contribution < 1.29 is 19.1 Å². The lowest BCUT2D eigenvalue weighted by Crippen LogP contribution is -2.39. The van der Waals surface area contributed by atoms with Gasteiger partial charge >= 0.3 is 5.97 Å². The third kappa shape index (κ3) is 5.90. The molecule has 0 radical (unpaired) electrons. The predicted molar refractivity (Wildman–Crippen MR) is 102 cm³/mol. The summed E-state index contributed by atoms with van der Waals surface area (Å²) in [6.45, 7) is 3.10. The van der Waals surface area contributed by atoms with Gasteiger partial charge in [-0.3, -0.25) is 9.59 Å². The molecule has 142 valence electrons. The predicted octanol–water partition coefficient (Wildman–Crippen LogP) is 3.82. The summed E-state index contributed by atoms with van der Waals surface area (Å²) in [5.74, 6) is 0.426. The van der Waals surface area contributed by atoms with Crippen LogP contribution in [0.15, 0.2) is 30.3 Å². The van der Waals surface area contributed by atoms with Crippen LogP contribution in [0.3, 0.4) is 0 Å². The van der Waals surface area contributed by atoms with E-state index in [1.165, 1.54) is 7.11 Å². The second kappa shape index (κ2) is 10.6. The molecular weight excluding hydrogens is 330 g/mol. The molecule has 5 nitrogen and oxygen atoms in total. The molecule has 0 unspecified atom stereocenters. The molecule has 1 aliphatic rings. The molecule has 0 bridgehead atoms. The minimum atomic E-state index is -0.289. The zero-order valence-corrected chi connectivity index (χ0v) is 15.8. The van der Waals surface area contributed by atoms with Crippen LogP contribution in [-0.2, 0) is 14.3 Å². The fraction of sp³-hybridized carbons (Fsp3) is 0.524. The maximum absolute atomic E-state index is 12.8. The van der Waals surface area contributed by atoms with Crippen molar-refractivity contribution >= 4 is 18.0 Å². The van der Waals surface area contributed by atoms with Crippen LogP contribution in [0.4, 0.5) is 0 Å². The Labute approximate surface area is 156 Å². The van der Waals surface area contributed by atoms with Crippen LogP contribution < -0.4 is 4.74 Å². The van der Waals surface area contributed by atoms with Gasteiger partial charge in [-0.1, -0.05) is 38.0 Å². The van der Waals surface area contributed by atoms with Gasteiger partial charge in [-0.15, -0.1) is 0 Å². The number of ether oxygens (including phenoxy) is 2. The van der Waals surface area contributed by atoms with Crippen molar-refractivity contribution in [3.05, 3.63) is 35.9 Å². The lowest BCUT2D eigenvalue weighted by atomic mass is 10.1. The summed E-state index contributed by atoms with van der Waals surface area (Å²) in [7, 11) is 1.37. The second-order valence-corrected chi connectivity index (χ2v) is 6.52. The molecule has 0 saturated heterocycles. The highest BCUT2D eigenvalue weighted by atomic mass is 16.5. The van der Waals surface area contributed by atoms with Crippen molar-refractivity contribution in [2.45, 2.75) is 51.5 Å². The Balaban J connectivity index is 2.07. The molecule has 1 aliphatic carbocycles. The molecular formula is C21H29NO4. The van der Waals surface area contributed by atoms with Gasteiger partial charge in [-0.25, -0.2) is 0 Å². The van der Waals surface area contributed by atoms with E-state index in [-0.39, 0.29) is 24.3 Å². The Morgan fingerprint density at radius 3 is 2.65 bits per heavy atom. The van der Waals surface area contributed by atoms with E-state index in [1.54, 1.807) is 12.2 Å². The number of esters is 1. The Morgan fingerprint density at radius 1 is 1.23 bits per heavy atom. The minimum Gasteiger partial charge on any atom is -0.493 e. The van der Waals surface area contributed by atoms with Gasteiger partial charge in [-0.2, -0.15) is 0 Å². The number of hydrogen-bond acceptors (Lipinski definition) is 4. The molecule has 0 atom stereocenters. The van der Waals surface area contributed by atoms with Gasteiger partial charge in [0, 0.05) is 24.2 Å². The number of para-hydroxylation sites is 1. The third-order valence-corrected chi connectivity index (χ3v) is 4.62. The summed E-state index contributed by atoms with van der Waals surface area (Å²) in [4.78, 5) is 26.1. The van der Waals surface area contributed by atoms with E-state index in [1.807, 2.05) is 29.2 Å². The van der Waals surface area contributed by atoms with Crippen LogP contribution in [0.2, 0.25) is 0 Å². The number of benzene rings is 1. The summed E-state index contributed by atoms with van der Waals surface area (Å²) in [5.41, 5.74) is 0.883. The van der Waals surface area contributed by atoms with Crippen LogP contribution in [0.25, 0.3) is 6.08 Å². The van der Waals surface area contributed by atoms with Crippen LogP contribution in [0.1, 0.15) is 51.0 Å². The van der Waals surface area contributed by atoms with Gasteiger partial charge < -0.3 is 14.4 Å². The summed E-state index contributed by atoms with van der Waals surface area (Å²) in [5, 5.41) is 0. The van der Waals surface area contributed by atoms with Crippen molar-refractivity contribution in [3.8, 4) is 5.75 Å². The van der Waals surface area contributed by atoms with E-state index in [4.69, 9.17) is 9.47 Å². The van der Waals surface area contributed by atoms with Gasteiger partial charge in [0.15, 0.2) is 0 Å². The van der Waals surface area contributed by atoms with Crippen LogP contribution in [0, 0.1) is 0 Å². The zero-order chi connectivity index (χ0) is 18.8. The fourth-order valence-corrected chi connectivity index (χ4v) is 3.22. The first-order valence-corrected chi connectivity index (χ1v) is 9.43. The van der Waals surface area contributed by atoms with Crippen LogP contribution in [0.5, 0.6) is 5.75 Å². The Morgan fingerprint density at radius 2 is 1.96 bits per heavy atom. The van der Waals surface area contributed by atoms with Crippen molar-refractivity contribution in [2.24, 2.45) is 0 Å². The Bertz CT molecular complexity index is 620. The van der Waals surface area contributed by atoms with E-state index in [2.05, 4.69) is 6.92 Å². The standard InChI is InChI=1S/C21H29NO4/c1-3-16-26-19-11-7-4-8-17(19)12-13-20(23)22(15-14-21(24)25-2)18-9-5-6-10-18/h4,7-8,11-13,18H,3,5-6,9-10,14-16H2,1-2H3/b13-12+. The monoisotopic (exact) mass is 359 g/mol. The normalized spacial score (nSPS) is 14.5. The average molecular weight is 359 g/mol. The topological polar surface area (TPSA) is 55.8 Å². The van der Waals surface area contributed by atoms with E-state index in [0.29, 0.717) is 13.2 Å². The lowest BCUT2D eigenvalue weighted by molar-refractivity contribution is -0.141. The minimum absolute atomic E-state index is 0.0638. The summed E-state index contributed by atoms with van der Waals surface area (Å²) >= 11 is 0. The highest BCUT2D eigenvalue weighted by Crippen LogP contribution is 2.25. The maximum Gasteiger partial charge on any atom is 0.307 e. The molecule has 1 aromatic carbocycles. The lowest BCUT2D eigenvalue weighted by Gasteiger charge is -2.27. The van der Waals surface area contributed by atoms with Crippen molar-refractivity contribution in [3.63, 3.8) is 0 Å². The summed E-state index contributed by atoms with van der Waals surface area (Å²) in [6, 6.07) is 7.90.